The van der Waals surface area contributed by atoms with Gasteiger partial charge in [-0.2, -0.15) is 4.73 Å². The van der Waals surface area contributed by atoms with Gasteiger partial charge in [0.2, 0.25) is 5.91 Å². The molecular weight excluding hydrogens is 314 g/mol. The van der Waals surface area contributed by atoms with E-state index < -0.39 is 18.5 Å². The number of pyridine rings is 1. The highest BCUT2D eigenvalue weighted by molar-refractivity contribution is 5.95. The molecule has 0 saturated heterocycles. The fraction of sp³-hybridized carbons (Fsp3) is 0.125. The molecule has 0 unspecified atom stereocenters. The van der Waals surface area contributed by atoms with Crippen molar-refractivity contribution in [3.8, 4) is 0 Å². The highest BCUT2D eigenvalue weighted by Gasteiger charge is 2.18. The topological polar surface area (TPSA) is 111 Å². The zero-order valence-electron chi connectivity index (χ0n) is 12.8. The SMILES string of the molecule is CC(=O)Nc1cccc(NC(=O)COC(=O)c2cccc[n+]2[O-])c1. The monoisotopic (exact) mass is 329 g/mol. The Morgan fingerprint density at radius 1 is 1.08 bits per heavy atom. The van der Waals surface area contributed by atoms with Crippen molar-refractivity contribution in [2.75, 3.05) is 17.2 Å². The summed E-state index contributed by atoms with van der Waals surface area (Å²) < 4.78 is 5.15. The molecule has 1 aromatic carbocycles. The quantitative estimate of drug-likeness (QED) is 0.484. The summed E-state index contributed by atoms with van der Waals surface area (Å²) >= 11 is 0. The van der Waals surface area contributed by atoms with Gasteiger partial charge >= 0.3 is 11.7 Å². The maximum absolute atomic E-state index is 11.8. The summed E-state index contributed by atoms with van der Waals surface area (Å²) in [5, 5.41) is 16.5. The molecule has 0 bridgehead atoms. The van der Waals surface area contributed by atoms with Gasteiger partial charge in [0.1, 0.15) is 0 Å². The van der Waals surface area contributed by atoms with E-state index in [1.165, 1.54) is 25.1 Å². The molecule has 24 heavy (non-hydrogen) atoms. The van der Waals surface area contributed by atoms with Crippen LogP contribution in [0.1, 0.15) is 17.4 Å². The maximum atomic E-state index is 11.8. The Kier molecular flexibility index (Phi) is 5.45. The number of hydrogen-bond donors (Lipinski definition) is 2. The third-order valence-corrected chi connectivity index (χ3v) is 2.83. The summed E-state index contributed by atoms with van der Waals surface area (Å²) in [6.45, 7) is 0.828. The van der Waals surface area contributed by atoms with Crippen molar-refractivity contribution in [1.82, 2.24) is 0 Å². The molecule has 8 nitrogen and oxygen atoms in total. The molecule has 0 spiro atoms. The number of nitrogens with one attached hydrogen (secondary N) is 2. The summed E-state index contributed by atoms with van der Waals surface area (Å²) in [7, 11) is 0. The van der Waals surface area contributed by atoms with Crippen molar-refractivity contribution in [3.63, 3.8) is 0 Å². The molecule has 1 heterocycles. The summed E-state index contributed by atoms with van der Waals surface area (Å²) in [6.07, 6.45) is 1.16. The van der Waals surface area contributed by atoms with E-state index in [0.29, 0.717) is 16.1 Å². The van der Waals surface area contributed by atoms with Crippen LogP contribution in [0.4, 0.5) is 11.4 Å². The molecule has 0 aliphatic carbocycles. The Hall–Kier alpha value is -3.42. The lowest BCUT2D eigenvalue weighted by atomic mass is 10.2. The average Bonchev–Trinajstić information content (AvgIpc) is 2.53. The lowest BCUT2D eigenvalue weighted by Crippen LogP contribution is -2.35. The number of anilines is 2. The molecule has 2 amide bonds. The Balaban J connectivity index is 1.91. The largest absolute Gasteiger partial charge is 0.618 e. The van der Waals surface area contributed by atoms with Gasteiger partial charge in [-0.15, -0.1) is 0 Å². The minimum absolute atomic E-state index is 0.210. The summed E-state index contributed by atoms with van der Waals surface area (Å²) in [5.41, 5.74) is 0.743. The molecule has 2 aromatic rings. The van der Waals surface area contributed by atoms with Crippen LogP contribution in [0.15, 0.2) is 48.7 Å². The van der Waals surface area contributed by atoms with Crippen molar-refractivity contribution < 1.29 is 23.9 Å². The molecule has 0 saturated carbocycles. The number of ether oxygens (including phenoxy) is 1. The highest BCUT2D eigenvalue weighted by Crippen LogP contribution is 2.14. The van der Waals surface area contributed by atoms with Crippen LogP contribution in [-0.2, 0) is 14.3 Å². The number of hydrogen-bond acceptors (Lipinski definition) is 5. The molecule has 8 heteroatoms. The first kappa shape index (κ1) is 16.9. The van der Waals surface area contributed by atoms with Gasteiger partial charge in [-0.25, -0.2) is 4.79 Å². The van der Waals surface area contributed by atoms with Crippen molar-refractivity contribution >= 4 is 29.2 Å². The molecule has 0 fully saturated rings. The number of nitrogens with zero attached hydrogens (tertiary/aromatic N) is 1. The normalized spacial score (nSPS) is 9.88. The Morgan fingerprint density at radius 3 is 2.46 bits per heavy atom. The molecule has 1 aromatic heterocycles. The van der Waals surface area contributed by atoms with E-state index in [-0.39, 0.29) is 11.6 Å². The van der Waals surface area contributed by atoms with E-state index in [0.717, 1.165) is 6.20 Å². The zero-order chi connectivity index (χ0) is 17.5. The molecule has 2 rings (SSSR count). The summed E-state index contributed by atoms with van der Waals surface area (Å²) in [4.78, 5) is 34.5. The maximum Gasteiger partial charge on any atom is 0.405 e. The van der Waals surface area contributed by atoms with Gasteiger partial charge in [0, 0.05) is 30.4 Å². The van der Waals surface area contributed by atoms with E-state index in [4.69, 9.17) is 4.74 Å². The number of amides is 2. The number of carbonyl (C=O) groups is 3. The van der Waals surface area contributed by atoms with Crippen LogP contribution < -0.4 is 15.4 Å². The van der Waals surface area contributed by atoms with E-state index in [1.807, 2.05) is 0 Å². The predicted octanol–water partition coefficient (Wildman–Crippen LogP) is 1.07. The Morgan fingerprint density at radius 2 is 1.79 bits per heavy atom. The first-order valence-corrected chi connectivity index (χ1v) is 6.98. The van der Waals surface area contributed by atoms with Crippen molar-refractivity contribution in [2.45, 2.75) is 6.92 Å². The third kappa shape index (κ3) is 4.80. The third-order valence-electron chi connectivity index (χ3n) is 2.83. The van der Waals surface area contributed by atoms with E-state index in [1.54, 1.807) is 24.3 Å². The minimum Gasteiger partial charge on any atom is -0.618 e. The van der Waals surface area contributed by atoms with Crippen LogP contribution in [-0.4, -0.2) is 24.4 Å². The Bertz CT molecular complexity index is 776. The van der Waals surface area contributed by atoms with Gasteiger partial charge in [-0.05, 0) is 24.3 Å². The lowest BCUT2D eigenvalue weighted by Gasteiger charge is -2.08. The first-order chi connectivity index (χ1) is 11.5. The van der Waals surface area contributed by atoms with Crippen LogP contribution in [0.3, 0.4) is 0 Å². The standard InChI is InChI=1S/C16H15N3O5/c1-11(20)17-12-5-4-6-13(9-12)18-15(21)10-24-16(22)14-7-2-3-8-19(14)23/h2-9H,10H2,1H3,(H,17,20)(H,18,21). The molecule has 124 valence electrons. The van der Waals surface area contributed by atoms with Gasteiger partial charge in [0.05, 0.1) is 0 Å². The second kappa shape index (κ2) is 7.73. The van der Waals surface area contributed by atoms with Gasteiger partial charge in [0.15, 0.2) is 12.8 Å². The highest BCUT2D eigenvalue weighted by atomic mass is 16.5. The van der Waals surface area contributed by atoms with E-state index >= 15 is 0 Å². The second-order valence-electron chi connectivity index (χ2n) is 4.80. The van der Waals surface area contributed by atoms with Gasteiger partial charge in [0.25, 0.3) is 5.91 Å². The van der Waals surface area contributed by atoms with Gasteiger partial charge in [-0.3, -0.25) is 9.59 Å². The molecule has 0 aliphatic rings. The number of benzene rings is 1. The number of aromatic nitrogens is 1. The van der Waals surface area contributed by atoms with Crippen molar-refractivity contribution in [2.24, 2.45) is 0 Å². The van der Waals surface area contributed by atoms with Crippen LogP contribution in [0.5, 0.6) is 0 Å². The second-order valence-corrected chi connectivity index (χ2v) is 4.80. The smallest absolute Gasteiger partial charge is 0.405 e. The van der Waals surface area contributed by atoms with Gasteiger partial charge in [-0.1, -0.05) is 6.07 Å². The van der Waals surface area contributed by atoms with Crippen LogP contribution >= 0.6 is 0 Å². The average molecular weight is 329 g/mol. The van der Waals surface area contributed by atoms with Crippen LogP contribution in [0.2, 0.25) is 0 Å². The molecule has 0 radical (unpaired) electrons. The van der Waals surface area contributed by atoms with Crippen molar-refractivity contribution in [1.29, 1.82) is 0 Å². The molecular formula is C16H15N3O5. The summed E-state index contributed by atoms with van der Waals surface area (Å²) in [6, 6.07) is 10.8. The van der Waals surface area contributed by atoms with Gasteiger partial charge < -0.3 is 20.6 Å². The lowest BCUT2D eigenvalue weighted by molar-refractivity contribution is -0.608. The molecule has 0 aliphatic heterocycles. The predicted molar refractivity (Wildman–Crippen MR) is 85.1 cm³/mol. The number of carbonyl (C=O) groups excluding carboxylic acids is 3. The number of esters is 1. The number of rotatable bonds is 5. The zero-order valence-corrected chi connectivity index (χ0v) is 12.8. The fourth-order valence-corrected chi connectivity index (χ4v) is 1.87. The van der Waals surface area contributed by atoms with E-state index in [2.05, 4.69) is 10.6 Å². The summed E-state index contributed by atoms with van der Waals surface area (Å²) in [5.74, 6) is -1.70. The molecule has 0 atom stereocenters. The Labute approximate surface area is 137 Å². The first-order valence-electron chi connectivity index (χ1n) is 6.98. The van der Waals surface area contributed by atoms with Crippen LogP contribution in [0, 0.1) is 5.21 Å². The van der Waals surface area contributed by atoms with Crippen molar-refractivity contribution in [3.05, 3.63) is 59.6 Å². The van der Waals surface area contributed by atoms with E-state index in [9.17, 15) is 19.6 Å². The molecule has 2 N–H and O–H groups in total. The van der Waals surface area contributed by atoms with Crippen LogP contribution in [0.25, 0.3) is 0 Å². The fourth-order valence-electron chi connectivity index (χ4n) is 1.87. The minimum atomic E-state index is -0.896.